The van der Waals surface area contributed by atoms with Crippen molar-refractivity contribution < 1.29 is 16.8 Å². The highest BCUT2D eigenvalue weighted by Crippen LogP contribution is 2.19. The number of aryl methyl sites for hydroxylation is 4. The number of fused-ring (bicyclic) bond motifs is 2. The molecule has 0 atom stereocenters. The number of benzene rings is 4. The molecule has 0 saturated heterocycles. The summed E-state index contributed by atoms with van der Waals surface area (Å²) >= 11 is 0. The number of halogens is 1. The van der Waals surface area contributed by atoms with Crippen molar-refractivity contribution in [3.05, 3.63) is 158 Å². The van der Waals surface area contributed by atoms with Gasteiger partial charge in [-0.25, -0.2) is 16.8 Å². The Morgan fingerprint density at radius 1 is 0.547 bits per heavy atom. The highest BCUT2D eigenvalue weighted by molar-refractivity contribution is 8.13. The second-order valence-electron chi connectivity index (χ2n) is 13.0. The maximum atomic E-state index is 12.6. The molecule has 6 aromatic rings. The topological polar surface area (TPSA) is 138 Å². The van der Waals surface area contributed by atoms with Crippen molar-refractivity contribution in [2.75, 3.05) is 5.73 Å². The van der Waals surface area contributed by atoms with Gasteiger partial charge in [0.15, 0.2) is 9.84 Å². The lowest BCUT2D eigenvalue weighted by molar-refractivity contribution is 0.594. The molecule has 280 valence electrons. The van der Waals surface area contributed by atoms with Crippen LogP contribution in [0.25, 0.3) is 21.8 Å². The summed E-state index contributed by atoms with van der Waals surface area (Å²) in [5.74, 6) is -0.0841. The first-order chi connectivity index (χ1) is 25.1. The van der Waals surface area contributed by atoms with Crippen LogP contribution in [-0.4, -0.2) is 26.0 Å². The Labute approximate surface area is 316 Å². The molecule has 0 unspecified atom stereocenters. The number of nitrogen functional groups attached to an aromatic ring is 1. The van der Waals surface area contributed by atoms with E-state index in [1.54, 1.807) is 45.5 Å². The number of hydrogen-bond acceptors (Lipinski definition) is 7. The predicted molar refractivity (Wildman–Crippen MR) is 219 cm³/mol. The van der Waals surface area contributed by atoms with E-state index in [-0.39, 0.29) is 28.4 Å². The summed E-state index contributed by atoms with van der Waals surface area (Å²) in [6.07, 6.45) is 1.81. The summed E-state index contributed by atoms with van der Waals surface area (Å²) in [6, 6.07) is 32.7. The van der Waals surface area contributed by atoms with Gasteiger partial charge in [0.2, 0.25) is 9.05 Å². The monoisotopic (exact) mass is 775 g/mol. The van der Waals surface area contributed by atoms with Crippen molar-refractivity contribution in [3.63, 3.8) is 0 Å². The summed E-state index contributed by atoms with van der Waals surface area (Å²) < 4.78 is 49.9. The van der Waals surface area contributed by atoms with Crippen LogP contribution in [0.5, 0.6) is 0 Å². The van der Waals surface area contributed by atoms with Gasteiger partial charge in [-0.3, -0.25) is 9.59 Å². The molecule has 0 bridgehead atoms. The molecule has 2 aromatic heterocycles. The summed E-state index contributed by atoms with van der Waals surface area (Å²) in [4.78, 5) is 23.7. The largest absolute Gasteiger partial charge is 0.399 e. The van der Waals surface area contributed by atoms with Crippen LogP contribution >= 0.6 is 10.7 Å². The minimum Gasteiger partial charge on any atom is -0.399 e. The van der Waals surface area contributed by atoms with Crippen molar-refractivity contribution in [3.8, 4) is 0 Å². The Morgan fingerprint density at radius 2 is 0.962 bits per heavy atom. The van der Waals surface area contributed by atoms with Crippen LogP contribution in [0, 0.1) is 13.8 Å². The molecular formula is C41H46ClN3O6S2. The molecule has 0 radical (unpaired) electrons. The molecule has 9 nitrogen and oxygen atoms in total. The average Bonchev–Trinajstić information content (AvgIpc) is 3.09. The Balaban J connectivity index is 0.000000196. The van der Waals surface area contributed by atoms with E-state index in [4.69, 9.17) is 16.4 Å². The molecule has 0 spiro atoms. The van der Waals surface area contributed by atoms with Crippen LogP contribution in [0.1, 0.15) is 54.5 Å². The van der Waals surface area contributed by atoms with E-state index in [0.717, 1.165) is 74.7 Å². The van der Waals surface area contributed by atoms with Crippen LogP contribution in [0.4, 0.5) is 5.69 Å². The van der Waals surface area contributed by atoms with Crippen LogP contribution in [0.2, 0.25) is 0 Å². The van der Waals surface area contributed by atoms with Gasteiger partial charge in [-0.2, -0.15) is 0 Å². The second kappa shape index (κ2) is 18.4. The van der Waals surface area contributed by atoms with Gasteiger partial charge in [0.1, 0.15) is 0 Å². The van der Waals surface area contributed by atoms with E-state index >= 15 is 0 Å². The van der Waals surface area contributed by atoms with E-state index < -0.39 is 18.9 Å². The van der Waals surface area contributed by atoms with Gasteiger partial charge in [0.05, 0.1) is 28.3 Å². The summed E-state index contributed by atoms with van der Waals surface area (Å²) in [5, 5.41) is 1.91. The van der Waals surface area contributed by atoms with Crippen LogP contribution in [0.3, 0.4) is 0 Å². The fourth-order valence-corrected chi connectivity index (χ4v) is 8.26. The third-order valence-corrected chi connectivity index (χ3v) is 10.9. The minimum absolute atomic E-state index is 0.0102. The van der Waals surface area contributed by atoms with E-state index in [9.17, 15) is 26.4 Å². The molecule has 0 aliphatic carbocycles. The minimum atomic E-state index is -3.42. The molecule has 0 amide bonds. The molecular weight excluding hydrogens is 730 g/mol. The summed E-state index contributed by atoms with van der Waals surface area (Å²) in [5.41, 5.74) is 12.7. The van der Waals surface area contributed by atoms with Gasteiger partial charge in [-0.05, 0) is 91.2 Å². The van der Waals surface area contributed by atoms with Crippen molar-refractivity contribution >= 4 is 57.1 Å². The molecule has 0 fully saturated rings. The molecule has 12 heteroatoms. The highest BCUT2D eigenvalue weighted by Gasteiger charge is 2.14. The third kappa shape index (κ3) is 12.4. The lowest BCUT2D eigenvalue weighted by Gasteiger charge is -2.11. The zero-order chi connectivity index (χ0) is 38.8. The van der Waals surface area contributed by atoms with E-state index in [1.165, 1.54) is 0 Å². The SMILES string of the molecule is CCCn1c(=O)ccc2cc(CS(=O)(=O)Cc3ccc(C)cc3)ccc21.CCCn1c(=O)ccc2cc(N)ccc21.Cc1ccc(CS(=O)(=O)Cl)cc1. The maximum absolute atomic E-state index is 12.6. The van der Waals surface area contributed by atoms with E-state index in [0.29, 0.717) is 6.54 Å². The number of anilines is 1. The predicted octanol–water partition coefficient (Wildman–Crippen LogP) is 7.89. The number of nitrogens with zero attached hydrogens (tertiary/aromatic N) is 2. The van der Waals surface area contributed by atoms with Gasteiger partial charge in [-0.1, -0.05) is 79.6 Å². The second-order valence-corrected chi connectivity index (χ2v) is 17.9. The Hall–Kier alpha value is -4.71. The number of nitrogens with two attached hydrogens (primary N) is 1. The Bertz CT molecular complexity index is 2510. The van der Waals surface area contributed by atoms with Crippen LogP contribution in [-0.2, 0) is 49.2 Å². The Kier molecular flexibility index (Phi) is 14.2. The lowest BCUT2D eigenvalue weighted by atomic mass is 10.1. The maximum Gasteiger partial charge on any atom is 0.251 e. The van der Waals surface area contributed by atoms with E-state index in [2.05, 4.69) is 6.92 Å². The fourth-order valence-electron chi connectivity index (χ4n) is 5.80. The molecule has 2 N–H and O–H groups in total. The molecule has 6 rings (SSSR count). The lowest BCUT2D eigenvalue weighted by Crippen LogP contribution is -2.19. The average molecular weight is 776 g/mol. The third-order valence-electron chi connectivity index (χ3n) is 8.32. The number of rotatable bonds is 10. The number of aromatic nitrogens is 2. The van der Waals surface area contributed by atoms with Crippen molar-refractivity contribution in [1.82, 2.24) is 9.13 Å². The first-order valence-corrected chi connectivity index (χ1v) is 21.6. The van der Waals surface area contributed by atoms with Crippen LogP contribution in [0.15, 0.2) is 119 Å². The van der Waals surface area contributed by atoms with Crippen molar-refractivity contribution in [2.24, 2.45) is 0 Å². The van der Waals surface area contributed by atoms with Gasteiger partial charge in [0.25, 0.3) is 11.1 Å². The molecule has 2 heterocycles. The van der Waals surface area contributed by atoms with Gasteiger partial charge >= 0.3 is 0 Å². The van der Waals surface area contributed by atoms with Crippen LogP contribution < -0.4 is 16.9 Å². The number of pyridine rings is 2. The summed E-state index contributed by atoms with van der Waals surface area (Å²) in [6.45, 7) is 9.41. The van der Waals surface area contributed by atoms with E-state index in [1.807, 2.05) is 93.6 Å². The first-order valence-electron chi connectivity index (χ1n) is 17.3. The van der Waals surface area contributed by atoms with Gasteiger partial charge < -0.3 is 14.9 Å². The van der Waals surface area contributed by atoms with Crippen molar-refractivity contribution in [2.45, 2.75) is 70.9 Å². The van der Waals surface area contributed by atoms with Gasteiger partial charge in [0, 0.05) is 47.0 Å². The number of hydrogen-bond donors (Lipinski definition) is 1. The fraction of sp³-hybridized carbons (Fsp3) is 0.268. The quantitative estimate of drug-likeness (QED) is 0.110. The smallest absolute Gasteiger partial charge is 0.251 e. The van der Waals surface area contributed by atoms with Gasteiger partial charge in [-0.15, -0.1) is 0 Å². The highest BCUT2D eigenvalue weighted by atomic mass is 35.7. The molecule has 4 aromatic carbocycles. The molecule has 0 aliphatic rings. The van der Waals surface area contributed by atoms with Crippen molar-refractivity contribution in [1.29, 1.82) is 0 Å². The molecule has 0 aliphatic heterocycles. The Morgan fingerprint density at radius 3 is 1.43 bits per heavy atom. The first kappa shape index (κ1) is 41.1. The summed E-state index contributed by atoms with van der Waals surface area (Å²) in [7, 11) is -1.60. The molecule has 0 saturated carbocycles. The molecule has 53 heavy (non-hydrogen) atoms. The normalized spacial score (nSPS) is 11.4. The standard InChI is InChI=1S/C21H23NO3S.C12H14N2O.C8H9ClO2S/c1-3-12-22-20-10-8-18(13-19(20)9-11-21(22)23)15-26(24,25)14-17-6-4-16(2)5-7-17;1-2-7-14-11-5-4-10(13)8-9(11)3-6-12(14)15;1-7-2-4-8(5-3-7)6-12(9,10)11/h4-11,13H,3,12,14-15H2,1-2H3;3-6,8H,2,7,13H2,1H3;2-5H,6H2,1H3. The number of sulfone groups is 1. The zero-order valence-electron chi connectivity index (χ0n) is 30.5. The zero-order valence-corrected chi connectivity index (χ0v) is 32.8.